The van der Waals surface area contributed by atoms with Crippen molar-refractivity contribution in [2.24, 2.45) is 0 Å². The van der Waals surface area contributed by atoms with Crippen LogP contribution in [0.2, 0.25) is 0 Å². The highest BCUT2D eigenvalue weighted by Crippen LogP contribution is 2.41. The summed E-state index contributed by atoms with van der Waals surface area (Å²) in [5, 5.41) is 9.05. The van der Waals surface area contributed by atoms with Crippen LogP contribution in [0.1, 0.15) is 58.8 Å². The quantitative estimate of drug-likeness (QED) is 0.819. The molecule has 0 bridgehead atoms. The smallest absolute Gasteiger partial charge is 0.0697 e. The minimum atomic E-state index is 0.204. The lowest BCUT2D eigenvalue weighted by molar-refractivity contribution is -0.105. The van der Waals surface area contributed by atoms with Gasteiger partial charge in [-0.1, -0.05) is 12.8 Å². The van der Waals surface area contributed by atoms with Gasteiger partial charge in [-0.05, 0) is 46.0 Å². The molecule has 1 atom stereocenters. The van der Waals surface area contributed by atoms with Crippen LogP contribution in [0.15, 0.2) is 0 Å². The molecule has 3 nitrogen and oxygen atoms in total. The highest BCUT2D eigenvalue weighted by molar-refractivity contribution is 4.94. The molecule has 1 N–H and O–H groups in total. The molecule has 0 radical (unpaired) electrons. The van der Waals surface area contributed by atoms with Crippen molar-refractivity contribution < 1.29 is 9.84 Å². The Labute approximate surface area is 112 Å². The van der Waals surface area contributed by atoms with E-state index in [-0.39, 0.29) is 5.60 Å². The number of ether oxygens (including phenoxy) is 1. The van der Waals surface area contributed by atoms with Gasteiger partial charge in [-0.15, -0.1) is 0 Å². The summed E-state index contributed by atoms with van der Waals surface area (Å²) in [7, 11) is 0. The van der Waals surface area contributed by atoms with Crippen LogP contribution >= 0.6 is 0 Å². The fourth-order valence-electron chi connectivity index (χ4n) is 3.77. The summed E-state index contributed by atoms with van der Waals surface area (Å²) in [6.45, 7) is 6.79. The fraction of sp³-hybridized carbons (Fsp3) is 1.00. The molecule has 0 amide bonds. The monoisotopic (exact) mass is 255 g/mol. The number of hydrogen-bond donors (Lipinski definition) is 1. The maximum absolute atomic E-state index is 9.05. The van der Waals surface area contributed by atoms with Crippen LogP contribution in [0.3, 0.4) is 0 Å². The molecule has 2 aliphatic rings. The molecule has 18 heavy (non-hydrogen) atoms. The number of nitrogens with zero attached hydrogens (tertiary/aromatic N) is 1. The minimum absolute atomic E-state index is 0.204. The van der Waals surface area contributed by atoms with Crippen molar-refractivity contribution in [3.63, 3.8) is 0 Å². The number of aliphatic hydroxyl groups is 1. The Morgan fingerprint density at radius 2 is 2.06 bits per heavy atom. The van der Waals surface area contributed by atoms with Crippen molar-refractivity contribution in [1.82, 2.24) is 4.90 Å². The lowest BCUT2D eigenvalue weighted by Crippen LogP contribution is -2.50. The lowest BCUT2D eigenvalue weighted by Gasteiger charge is -2.44. The first-order chi connectivity index (χ1) is 8.67. The summed E-state index contributed by atoms with van der Waals surface area (Å²) in [5.41, 5.74) is 0.204. The molecule has 1 spiro atoms. The third kappa shape index (κ3) is 3.25. The average molecular weight is 255 g/mol. The van der Waals surface area contributed by atoms with Crippen molar-refractivity contribution in [2.75, 3.05) is 19.8 Å². The SMILES string of the molecule is CC(C)N(CCCO)C1CCOC2(CCCC2)C1. The maximum atomic E-state index is 9.05. The molecule has 1 saturated heterocycles. The zero-order valence-electron chi connectivity index (χ0n) is 12.0. The number of aliphatic hydroxyl groups excluding tert-OH is 1. The van der Waals surface area contributed by atoms with E-state index in [4.69, 9.17) is 9.84 Å². The van der Waals surface area contributed by atoms with E-state index in [1.807, 2.05) is 0 Å². The second-order valence-corrected chi connectivity index (χ2v) is 6.29. The van der Waals surface area contributed by atoms with Gasteiger partial charge >= 0.3 is 0 Å². The second-order valence-electron chi connectivity index (χ2n) is 6.29. The van der Waals surface area contributed by atoms with Crippen LogP contribution in [-0.2, 0) is 4.74 Å². The summed E-state index contributed by atoms with van der Waals surface area (Å²) >= 11 is 0. The van der Waals surface area contributed by atoms with Crippen LogP contribution in [0, 0.1) is 0 Å². The third-order valence-electron chi connectivity index (χ3n) is 4.69. The van der Waals surface area contributed by atoms with Gasteiger partial charge in [-0.25, -0.2) is 0 Å². The minimum Gasteiger partial charge on any atom is -0.396 e. The molecular formula is C15H29NO2. The van der Waals surface area contributed by atoms with Crippen molar-refractivity contribution in [2.45, 2.75) is 76.5 Å². The zero-order valence-corrected chi connectivity index (χ0v) is 12.0. The largest absolute Gasteiger partial charge is 0.396 e. The Morgan fingerprint density at radius 1 is 1.33 bits per heavy atom. The first-order valence-corrected chi connectivity index (χ1v) is 7.67. The second kappa shape index (κ2) is 6.36. The van der Waals surface area contributed by atoms with E-state index in [1.165, 1.54) is 32.1 Å². The number of hydrogen-bond acceptors (Lipinski definition) is 3. The molecule has 2 fully saturated rings. The average Bonchev–Trinajstić information content (AvgIpc) is 2.77. The van der Waals surface area contributed by atoms with E-state index in [9.17, 15) is 0 Å². The van der Waals surface area contributed by atoms with Crippen LogP contribution in [-0.4, -0.2) is 47.4 Å². The van der Waals surface area contributed by atoms with Crippen molar-refractivity contribution in [1.29, 1.82) is 0 Å². The van der Waals surface area contributed by atoms with Gasteiger partial charge in [0.05, 0.1) is 5.60 Å². The summed E-state index contributed by atoms with van der Waals surface area (Å²) < 4.78 is 6.11. The molecule has 1 heterocycles. The van der Waals surface area contributed by atoms with Gasteiger partial charge in [0.2, 0.25) is 0 Å². The Balaban J connectivity index is 1.96. The molecule has 0 aromatic heterocycles. The predicted molar refractivity (Wildman–Crippen MR) is 73.7 cm³/mol. The van der Waals surface area contributed by atoms with Crippen LogP contribution in [0.25, 0.3) is 0 Å². The molecule has 1 saturated carbocycles. The summed E-state index contributed by atoms with van der Waals surface area (Å²) in [5.74, 6) is 0. The normalized spacial score (nSPS) is 27.5. The van der Waals surface area contributed by atoms with E-state index in [2.05, 4.69) is 18.7 Å². The standard InChI is InChI=1S/C15H29NO2/c1-13(2)16(9-5-10-17)14-6-11-18-15(12-14)7-3-4-8-15/h13-14,17H,3-12H2,1-2H3. The van der Waals surface area contributed by atoms with Gasteiger partial charge in [0, 0.05) is 31.8 Å². The van der Waals surface area contributed by atoms with Gasteiger partial charge < -0.3 is 9.84 Å². The van der Waals surface area contributed by atoms with Crippen molar-refractivity contribution in [3.05, 3.63) is 0 Å². The summed E-state index contributed by atoms with van der Waals surface area (Å²) in [6.07, 6.45) is 8.45. The van der Waals surface area contributed by atoms with E-state index in [0.29, 0.717) is 18.7 Å². The lowest BCUT2D eigenvalue weighted by atomic mass is 9.87. The fourth-order valence-corrected chi connectivity index (χ4v) is 3.77. The van der Waals surface area contributed by atoms with Gasteiger partial charge in [-0.3, -0.25) is 4.90 Å². The predicted octanol–water partition coefficient (Wildman–Crippen LogP) is 2.57. The van der Waals surface area contributed by atoms with Crippen molar-refractivity contribution >= 4 is 0 Å². The molecule has 1 aliphatic heterocycles. The van der Waals surface area contributed by atoms with Gasteiger partial charge in [0.25, 0.3) is 0 Å². The van der Waals surface area contributed by atoms with E-state index < -0.39 is 0 Å². The molecule has 2 rings (SSSR count). The topological polar surface area (TPSA) is 32.7 Å². The van der Waals surface area contributed by atoms with Gasteiger partial charge in [0.15, 0.2) is 0 Å². The molecule has 1 aliphatic carbocycles. The third-order valence-corrected chi connectivity index (χ3v) is 4.69. The zero-order chi connectivity index (χ0) is 13.0. The summed E-state index contributed by atoms with van der Waals surface area (Å²) in [4.78, 5) is 2.58. The molecule has 106 valence electrons. The number of rotatable bonds is 5. The molecule has 0 aromatic carbocycles. The van der Waals surface area contributed by atoms with Gasteiger partial charge in [0.1, 0.15) is 0 Å². The summed E-state index contributed by atoms with van der Waals surface area (Å²) in [6, 6.07) is 1.22. The van der Waals surface area contributed by atoms with E-state index in [0.717, 1.165) is 26.0 Å². The van der Waals surface area contributed by atoms with Crippen LogP contribution in [0.5, 0.6) is 0 Å². The van der Waals surface area contributed by atoms with Crippen LogP contribution in [0.4, 0.5) is 0 Å². The first-order valence-electron chi connectivity index (χ1n) is 7.67. The Bertz CT molecular complexity index is 249. The molecule has 1 unspecified atom stereocenters. The maximum Gasteiger partial charge on any atom is 0.0697 e. The molecule has 3 heteroatoms. The Hall–Kier alpha value is -0.120. The first kappa shape index (κ1) is 14.3. The molecular weight excluding hydrogens is 226 g/mol. The van der Waals surface area contributed by atoms with E-state index in [1.54, 1.807) is 0 Å². The van der Waals surface area contributed by atoms with Crippen LogP contribution < -0.4 is 0 Å². The highest BCUT2D eigenvalue weighted by Gasteiger charge is 2.41. The van der Waals surface area contributed by atoms with Crippen molar-refractivity contribution in [3.8, 4) is 0 Å². The Morgan fingerprint density at radius 3 is 2.67 bits per heavy atom. The molecule has 0 aromatic rings. The van der Waals surface area contributed by atoms with Gasteiger partial charge in [-0.2, -0.15) is 0 Å². The van der Waals surface area contributed by atoms with E-state index >= 15 is 0 Å². The Kier molecular flexibility index (Phi) is 5.05. The highest BCUT2D eigenvalue weighted by atomic mass is 16.5.